The van der Waals surface area contributed by atoms with Crippen molar-refractivity contribution in [1.82, 2.24) is 9.88 Å². The van der Waals surface area contributed by atoms with Crippen LogP contribution in [0.5, 0.6) is 0 Å². The van der Waals surface area contributed by atoms with Gasteiger partial charge in [0.1, 0.15) is 0 Å². The SMILES string of the molecule is Cc1cccc(C)c1NC(=O)N(Cc1ccc[nH]1)[C@H]1CC[C@H](c2ccccc2)CC1. The summed E-state index contributed by atoms with van der Waals surface area (Å²) in [5, 5.41) is 3.20. The number of H-pyrrole nitrogens is 1. The van der Waals surface area contributed by atoms with Crippen LogP contribution in [0.15, 0.2) is 66.9 Å². The zero-order chi connectivity index (χ0) is 20.9. The first-order valence-electron chi connectivity index (χ1n) is 10.9. The largest absolute Gasteiger partial charge is 0.364 e. The van der Waals surface area contributed by atoms with Crippen LogP contribution in [0.3, 0.4) is 0 Å². The summed E-state index contributed by atoms with van der Waals surface area (Å²) in [5.41, 5.74) is 5.60. The van der Waals surface area contributed by atoms with E-state index in [0.29, 0.717) is 12.5 Å². The molecule has 0 saturated heterocycles. The van der Waals surface area contributed by atoms with Crippen molar-refractivity contribution in [2.24, 2.45) is 0 Å². The molecule has 0 atom stereocenters. The van der Waals surface area contributed by atoms with Crippen molar-refractivity contribution in [3.63, 3.8) is 0 Å². The molecule has 4 nitrogen and oxygen atoms in total. The number of anilines is 1. The third kappa shape index (κ3) is 4.59. The molecule has 0 unspecified atom stereocenters. The van der Waals surface area contributed by atoms with Crippen molar-refractivity contribution in [2.45, 2.75) is 58.0 Å². The predicted molar refractivity (Wildman–Crippen MR) is 123 cm³/mol. The summed E-state index contributed by atoms with van der Waals surface area (Å²) in [5.74, 6) is 0.594. The van der Waals surface area contributed by atoms with Crippen LogP contribution in [0.4, 0.5) is 10.5 Å². The number of carbonyl (C=O) groups excluding carboxylic acids is 1. The van der Waals surface area contributed by atoms with Gasteiger partial charge in [-0.3, -0.25) is 0 Å². The zero-order valence-corrected chi connectivity index (χ0v) is 17.9. The lowest BCUT2D eigenvalue weighted by Crippen LogP contribution is -2.44. The molecule has 0 bridgehead atoms. The summed E-state index contributed by atoms with van der Waals surface area (Å²) in [7, 11) is 0. The lowest BCUT2D eigenvalue weighted by atomic mass is 9.81. The predicted octanol–water partition coefficient (Wildman–Crippen LogP) is 6.39. The standard InChI is InChI=1S/C26H31N3O/c1-19-8-6-9-20(2)25(19)28-26(30)29(18-23-12-7-17-27-23)24-15-13-22(14-16-24)21-10-4-3-5-11-21/h3-12,17,22,24,27H,13-16,18H2,1-2H3,(H,28,30)/t22-,24-. The molecule has 2 amide bonds. The minimum absolute atomic E-state index is 0.00911. The van der Waals surface area contributed by atoms with Gasteiger partial charge in [0.15, 0.2) is 0 Å². The number of nitrogens with zero attached hydrogens (tertiary/aromatic N) is 1. The summed E-state index contributed by atoms with van der Waals surface area (Å²) in [4.78, 5) is 18.7. The van der Waals surface area contributed by atoms with Crippen LogP contribution >= 0.6 is 0 Å². The number of amides is 2. The number of aromatic amines is 1. The smallest absolute Gasteiger partial charge is 0.322 e. The zero-order valence-electron chi connectivity index (χ0n) is 17.9. The second kappa shape index (κ2) is 9.21. The Hall–Kier alpha value is -3.01. The second-order valence-corrected chi connectivity index (χ2v) is 8.44. The highest BCUT2D eigenvalue weighted by atomic mass is 16.2. The summed E-state index contributed by atoms with van der Waals surface area (Å²) in [6, 6.07) is 21.2. The average molecular weight is 402 g/mol. The van der Waals surface area contributed by atoms with Gasteiger partial charge in [-0.2, -0.15) is 0 Å². The van der Waals surface area contributed by atoms with Gasteiger partial charge >= 0.3 is 6.03 Å². The molecule has 4 heteroatoms. The van der Waals surface area contributed by atoms with E-state index < -0.39 is 0 Å². The van der Waals surface area contributed by atoms with E-state index in [1.807, 2.05) is 49.2 Å². The van der Waals surface area contributed by atoms with Gasteiger partial charge in [-0.05, 0) is 74.3 Å². The average Bonchev–Trinajstić information content (AvgIpc) is 3.29. The molecule has 1 aliphatic carbocycles. The Bertz CT molecular complexity index is 937. The molecule has 0 radical (unpaired) electrons. The summed E-state index contributed by atoms with van der Waals surface area (Å²) < 4.78 is 0. The van der Waals surface area contributed by atoms with E-state index in [1.54, 1.807) is 0 Å². The van der Waals surface area contributed by atoms with E-state index in [4.69, 9.17) is 0 Å². The van der Waals surface area contributed by atoms with E-state index in [2.05, 4.69) is 46.7 Å². The minimum Gasteiger partial charge on any atom is -0.364 e. The van der Waals surface area contributed by atoms with E-state index >= 15 is 0 Å². The highest BCUT2D eigenvalue weighted by Gasteiger charge is 2.30. The highest BCUT2D eigenvalue weighted by Crippen LogP contribution is 2.35. The van der Waals surface area contributed by atoms with Crippen LogP contribution in [0.25, 0.3) is 0 Å². The van der Waals surface area contributed by atoms with E-state index in [-0.39, 0.29) is 12.1 Å². The van der Waals surface area contributed by atoms with Crippen LogP contribution < -0.4 is 5.32 Å². The summed E-state index contributed by atoms with van der Waals surface area (Å²) in [6.45, 7) is 4.69. The first-order valence-corrected chi connectivity index (χ1v) is 10.9. The molecule has 2 N–H and O–H groups in total. The second-order valence-electron chi connectivity index (χ2n) is 8.44. The molecule has 1 aromatic heterocycles. The van der Waals surface area contributed by atoms with Gasteiger partial charge in [0, 0.05) is 23.6 Å². The number of aryl methyl sites for hydroxylation is 2. The summed E-state index contributed by atoms with van der Waals surface area (Å²) >= 11 is 0. The number of carbonyl (C=O) groups is 1. The van der Waals surface area contributed by atoms with Crippen LogP contribution in [-0.4, -0.2) is 22.0 Å². The fourth-order valence-electron chi connectivity index (χ4n) is 4.65. The third-order valence-corrected chi connectivity index (χ3v) is 6.39. The minimum atomic E-state index is -0.00911. The monoisotopic (exact) mass is 401 g/mol. The van der Waals surface area contributed by atoms with Crippen LogP contribution in [0.2, 0.25) is 0 Å². The van der Waals surface area contributed by atoms with Gasteiger partial charge < -0.3 is 15.2 Å². The molecule has 156 valence electrons. The molecule has 3 aromatic rings. The van der Waals surface area contributed by atoms with Crippen LogP contribution in [-0.2, 0) is 6.54 Å². The maximum Gasteiger partial charge on any atom is 0.322 e. The molecule has 2 aromatic carbocycles. The Morgan fingerprint density at radius 3 is 2.27 bits per heavy atom. The molecule has 1 heterocycles. The summed E-state index contributed by atoms with van der Waals surface area (Å²) in [6.07, 6.45) is 6.21. The number of hydrogen-bond acceptors (Lipinski definition) is 1. The Morgan fingerprint density at radius 1 is 0.933 bits per heavy atom. The molecule has 30 heavy (non-hydrogen) atoms. The number of benzene rings is 2. The molecule has 1 aliphatic rings. The van der Waals surface area contributed by atoms with Gasteiger partial charge in [0.05, 0.1) is 6.54 Å². The Morgan fingerprint density at radius 2 is 1.63 bits per heavy atom. The van der Waals surface area contributed by atoms with Gasteiger partial charge in [-0.15, -0.1) is 0 Å². The van der Waals surface area contributed by atoms with Crippen molar-refractivity contribution in [1.29, 1.82) is 0 Å². The van der Waals surface area contributed by atoms with Crippen LogP contribution in [0, 0.1) is 13.8 Å². The molecule has 1 saturated carbocycles. The molecule has 0 aliphatic heterocycles. The van der Waals surface area contributed by atoms with Crippen molar-refractivity contribution in [3.8, 4) is 0 Å². The Kier molecular flexibility index (Phi) is 6.22. The van der Waals surface area contributed by atoms with Crippen molar-refractivity contribution in [2.75, 3.05) is 5.32 Å². The van der Waals surface area contributed by atoms with E-state index in [0.717, 1.165) is 48.2 Å². The maximum absolute atomic E-state index is 13.4. The normalized spacial score (nSPS) is 18.7. The molecular formula is C26H31N3O. The van der Waals surface area contributed by atoms with E-state index in [9.17, 15) is 4.79 Å². The number of aromatic nitrogens is 1. The topological polar surface area (TPSA) is 48.1 Å². The molecular weight excluding hydrogens is 370 g/mol. The van der Waals surface area contributed by atoms with Crippen molar-refractivity contribution in [3.05, 3.63) is 89.2 Å². The first-order chi connectivity index (χ1) is 14.6. The van der Waals surface area contributed by atoms with Crippen molar-refractivity contribution < 1.29 is 4.79 Å². The van der Waals surface area contributed by atoms with E-state index in [1.165, 1.54) is 5.56 Å². The van der Waals surface area contributed by atoms with Gasteiger partial charge in [-0.25, -0.2) is 4.79 Å². The maximum atomic E-state index is 13.4. The fraction of sp³-hybridized carbons (Fsp3) is 0.346. The fourth-order valence-corrected chi connectivity index (χ4v) is 4.65. The number of urea groups is 1. The first kappa shape index (κ1) is 20.3. The number of nitrogens with one attached hydrogen (secondary N) is 2. The molecule has 1 fully saturated rings. The Balaban J connectivity index is 1.49. The molecule has 4 rings (SSSR count). The number of para-hydroxylation sites is 1. The van der Waals surface area contributed by atoms with Gasteiger partial charge in [0.2, 0.25) is 0 Å². The quantitative estimate of drug-likeness (QED) is 0.511. The lowest BCUT2D eigenvalue weighted by Gasteiger charge is -2.37. The lowest BCUT2D eigenvalue weighted by molar-refractivity contribution is 0.157. The third-order valence-electron chi connectivity index (χ3n) is 6.39. The van der Waals surface area contributed by atoms with Crippen molar-refractivity contribution >= 4 is 11.7 Å². The molecule has 0 spiro atoms. The Labute approximate surface area is 179 Å². The number of hydrogen-bond donors (Lipinski definition) is 2. The highest BCUT2D eigenvalue weighted by molar-refractivity contribution is 5.91. The van der Waals surface area contributed by atoms with Gasteiger partial charge in [0.25, 0.3) is 0 Å². The number of rotatable bonds is 5. The van der Waals surface area contributed by atoms with Crippen LogP contribution in [0.1, 0.15) is 54.0 Å². The van der Waals surface area contributed by atoms with Gasteiger partial charge in [-0.1, -0.05) is 48.5 Å².